The third kappa shape index (κ3) is 5.87. The number of carbonyl (C=O) groups is 1. The van der Waals surface area contributed by atoms with Gasteiger partial charge in [0.15, 0.2) is 23.1 Å². The number of halogens is 2. The van der Waals surface area contributed by atoms with Gasteiger partial charge in [-0.3, -0.25) is 10.2 Å². The molecule has 0 aromatic heterocycles. The molecule has 9 heteroatoms. The molecule has 1 heterocycles. The number of ether oxygens (including phenoxy) is 3. The molecular formula is C28H37BrFN3O4. The number of anilines is 1. The summed E-state index contributed by atoms with van der Waals surface area (Å²) in [6.07, 6.45) is 2.18. The third-order valence-corrected chi connectivity index (χ3v) is 6.47. The predicted octanol–water partition coefficient (Wildman–Crippen LogP) is 6.11. The van der Waals surface area contributed by atoms with E-state index in [1.165, 1.54) is 0 Å². The van der Waals surface area contributed by atoms with E-state index < -0.39 is 5.82 Å². The number of hydrogen-bond acceptors (Lipinski definition) is 6. The molecule has 202 valence electrons. The van der Waals surface area contributed by atoms with Gasteiger partial charge < -0.3 is 24.4 Å². The number of hydrogen-bond donors (Lipinski definition) is 2. The van der Waals surface area contributed by atoms with Crippen LogP contribution in [0.4, 0.5) is 10.1 Å². The standard InChI is InChI=1S/C28H36FN3O4.BrH/c1-7-35-22-13-17-14-32(27(30)23(17)24(29)26(22)36-8-2)15-21(33)16-11-19(28(3,4)5)25(34-6)20(12-16)31-18-9-10-18;/h11-13,18,30-31H,7-10,14-15H2,1-6H3;1H. The number of nitrogens with zero attached hydrogens (tertiary/aromatic N) is 1. The van der Waals surface area contributed by atoms with Crippen molar-refractivity contribution >= 4 is 34.3 Å². The molecule has 2 N–H and O–H groups in total. The van der Waals surface area contributed by atoms with Crippen molar-refractivity contribution in [3.8, 4) is 17.2 Å². The molecule has 0 saturated heterocycles. The van der Waals surface area contributed by atoms with Crippen LogP contribution in [0.25, 0.3) is 0 Å². The normalized spacial score (nSPS) is 14.7. The maximum absolute atomic E-state index is 15.4. The first-order chi connectivity index (χ1) is 17.1. The number of carbonyl (C=O) groups excluding carboxylic acids is 1. The summed E-state index contributed by atoms with van der Waals surface area (Å²) in [5.41, 5.74) is 2.82. The van der Waals surface area contributed by atoms with E-state index in [1.807, 2.05) is 19.1 Å². The van der Waals surface area contributed by atoms with E-state index in [-0.39, 0.29) is 65.0 Å². The molecule has 1 aliphatic heterocycles. The molecule has 0 spiro atoms. The van der Waals surface area contributed by atoms with Gasteiger partial charge in [-0.05, 0) is 55.9 Å². The number of rotatable bonds is 10. The van der Waals surface area contributed by atoms with Crippen LogP contribution in [-0.4, -0.2) is 49.4 Å². The molecule has 0 amide bonds. The highest BCUT2D eigenvalue weighted by atomic mass is 79.9. The third-order valence-electron chi connectivity index (χ3n) is 6.47. The number of nitrogens with one attached hydrogen (secondary N) is 2. The summed E-state index contributed by atoms with van der Waals surface area (Å²) in [5.74, 6) is 0.291. The Morgan fingerprint density at radius 2 is 1.81 bits per heavy atom. The van der Waals surface area contributed by atoms with Crippen LogP contribution < -0.4 is 19.5 Å². The smallest absolute Gasteiger partial charge is 0.197 e. The Labute approximate surface area is 228 Å². The number of fused-ring (bicyclic) bond motifs is 1. The summed E-state index contributed by atoms with van der Waals surface area (Å²) in [7, 11) is 1.65. The first-order valence-corrected chi connectivity index (χ1v) is 12.6. The van der Waals surface area contributed by atoms with Crippen molar-refractivity contribution in [1.82, 2.24) is 4.90 Å². The Kier molecular flexibility index (Phi) is 8.78. The highest BCUT2D eigenvalue weighted by Gasteiger charge is 2.34. The van der Waals surface area contributed by atoms with Crippen molar-refractivity contribution in [3.63, 3.8) is 0 Å². The van der Waals surface area contributed by atoms with Gasteiger partial charge in [-0.1, -0.05) is 20.8 Å². The minimum atomic E-state index is -0.617. The van der Waals surface area contributed by atoms with Crippen LogP contribution in [0.2, 0.25) is 0 Å². The van der Waals surface area contributed by atoms with Gasteiger partial charge in [0.05, 0.1) is 38.1 Å². The molecule has 2 aromatic rings. The first-order valence-electron chi connectivity index (χ1n) is 12.6. The Bertz CT molecular complexity index is 1190. The second-order valence-electron chi connectivity index (χ2n) is 10.3. The van der Waals surface area contributed by atoms with E-state index in [0.29, 0.717) is 29.5 Å². The Morgan fingerprint density at radius 3 is 2.38 bits per heavy atom. The van der Waals surface area contributed by atoms with Crippen LogP contribution in [0.15, 0.2) is 18.2 Å². The molecule has 7 nitrogen and oxygen atoms in total. The molecule has 2 aromatic carbocycles. The van der Waals surface area contributed by atoms with Crippen LogP contribution in [0.1, 0.15) is 74.5 Å². The van der Waals surface area contributed by atoms with E-state index in [0.717, 1.165) is 29.8 Å². The Morgan fingerprint density at radius 1 is 1.14 bits per heavy atom. The number of amidine groups is 1. The lowest BCUT2D eigenvalue weighted by molar-refractivity contribution is 0.0962. The quantitative estimate of drug-likeness (QED) is 0.332. The van der Waals surface area contributed by atoms with E-state index >= 15 is 4.39 Å². The van der Waals surface area contributed by atoms with E-state index in [9.17, 15) is 4.79 Å². The Balaban J connectivity index is 0.00000380. The fourth-order valence-corrected chi connectivity index (χ4v) is 4.54. The zero-order valence-electron chi connectivity index (χ0n) is 22.4. The van der Waals surface area contributed by atoms with E-state index in [4.69, 9.17) is 19.6 Å². The van der Waals surface area contributed by atoms with Crippen LogP contribution in [0.3, 0.4) is 0 Å². The van der Waals surface area contributed by atoms with Gasteiger partial charge in [0.2, 0.25) is 0 Å². The number of Topliss-reactive ketones (excluding diaryl/α,β-unsaturated/α-hetero) is 1. The highest BCUT2D eigenvalue weighted by Crippen LogP contribution is 2.41. The van der Waals surface area contributed by atoms with E-state index in [2.05, 4.69) is 26.1 Å². The molecule has 0 atom stereocenters. The zero-order chi connectivity index (χ0) is 26.2. The highest BCUT2D eigenvalue weighted by molar-refractivity contribution is 8.93. The van der Waals surface area contributed by atoms with Crippen molar-refractivity contribution in [1.29, 1.82) is 5.41 Å². The number of ketones is 1. The molecule has 0 bridgehead atoms. The van der Waals surface area contributed by atoms with E-state index in [1.54, 1.807) is 25.0 Å². The van der Waals surface area contributed by atoms with Crippen LogP contribution in [-0.2, 0) is 12.0 Å². The maximum Gasteiger partial charge on any atom is 0.197 e. The number of benzene rings is 2. The Hall–Kier alpha value is -2.81. The molecule has 4 rings (SSSR count). The second-order valence-corrected chi connectivity index (χ2v) is 10.3. The number of methoxy groups -OCH3 is 1. The van der Waals surface area contributed by atoms with Gasteiger partial charge in [0.1, 0.15) is 11.6 Å². The van der Waals surface area contributed by atoms with Gasteiger partial charge in [0.25, 0.3) is 0 Å². The summed E-state index contributed by atoms with van der Waals surface area (Å²) >= 11 is 0. The van der Waals surface area contributed by atoms with Gasteiger partial charge >= 0.3 is 0 Å². The lowest BCUT2D eigenvalue weighted by Gasteiger charge is -2.26. The second kappa shape index (κ2) is 11.3. The molecule has 0 radical (unpaired) electrons. The minimum Gasteiger partial charge on any atom is -0.494 e. The predicted molar refractivity (Wildman–Crippen MR) is 149 cm³/mol. The van der Waals surface area contributed by atoms with Gasteiger partial charge in [-0.2, -0.15) is 0 Å². The monoisotopic (exact) mass is 577 g/mol. The topological polar surface area (TPSA) is 83.9 Å². The summed E-state index contributed by atoms with van der Waals surface area (Å²) in [5, 5.41) is 12.1. The van der Waals surface area contributed by atoms with Crippen molar-refractivity contribution in [2.45, 2.75) is 65.5 Å². The van der Waals surface area contributed by atoms with Crippen LogP contribution in [0, 0.1) is 11.2 Å². The lowest BCUT2D eigenvalue weighted by atomic mass is 9.84. The molecule has 37 heavy (non-hydrogen) atoms. The molecule has 0 unspecified atom stereocenters. The van der Waals surface area contributed by atoms with Gasteiger partial charge in [-0.15, -0.1) is 17.0 Å². The molecular weight excluding hydrogens is 541 g/mol. The average molecular weight is 579 g/mol. The average Bonchev–Trinajstić information content (AvgIpc) is 3.58. The molecule has 1 aliphatic carbocycles. The van der Waals surface area contributed by atoms with Crippen LogP contribution >= 0.6 is 17.0 Å². The van der Waals surface area contributed by atoms with Crippen molar-refractivity contribution in [3.05, 3.63) is 46.3 Å². The molecule has 1 saturated carbocycles. The fraction of sp³-hybridized carbons (Fsp3) is 0.500. The summed E-state index contributed by atoms with van der Waals surface area (Å²) in [6.45, 7) is 10.7. The lowest BCUT2D eigenvalue weighted by Crippen LogP contribution is -2.31. The van der Waals surface area contributed by atoms with Gasteiger partial charge in [-0.25, -0.2) is 4.39 Å². The van der Waals surface area contributed by atoms with Crippen LogP contribution in [0.5, 0.6) is 17.2 Å². The van der Waals surface area contributed by atoms with Crippen molar-refractivity contribution in [2.75, 3.05) is 32.2 Å². The summed E-state index contributed by atoms with van der Waals surface area (Å²) < 4.78 is 32.2. The van der Waals surface area contributed by atoms with Gasteiger partial charge in [0, 0.05) is 23.7 Å². The zero-order valence-corrected chi connectivity index (χ0v) is 24.1. The maximum atomic E-state index is 15.4. The van der Waals surface area contributed by atoms with Crippen molar-refractivity contribution < 1.29 is 23.4 Å². The molecule has 1 fully saturated rings. The fourth-order valence-electron chi connectivity index (χ4n) is 4.54. The SMILES string of the molecule is Br.CCOc1cc2c(c(F)c1OCC)C(=N)N(CC(=O)c1cc(NC3CC3)c(OC)c(C(C)(C)C)c1)C2. The first kappa shape index (κ1) is 28.8. The minimum absolute atomic E-state index is 0. The summed E-state index contributed by atoms with van der Waals surface area (Å²) in [4.78, 5) is 15.1. The summed E-state index contributed by atoms with van der Waals surface area (Å²) in [6, 6.07) is 5.82. The molecule has 2 aliphatic rings. The largest absolute Gasteiger partial charge is 0.494 e. The van der Waals surface area contributed by atoms with Crippen molar-refractivity contribution in [2.24, 2.45) is 0 Å².